The molecule has 1 aromatic heterocycles. The maximum absolute atomic E-state index is 12.0. The monoisotopic (exact) mass is 287 g/mol. The van der Waals surface area contributed by atoms with Crippen molar-refractivity contribution >= 4 is 17.8 Å². The fraction of sp³-hybridized carbons (Fsp3) is 0.143. The Morgan fingerprint density at radius 1 is 1.33 bits per heavy atom. The van der Waals surface area contributed by atoms with E-state index in [1.807, 2.05) is 0 Å². The molecule has 7 nitrogen and oxygen atoms in total. The zero-order valence-corrected chi connectivity index (χ0v) is 11.3. The van der Waals surface area contributed by atoms with Crippen molar-refractivity contribution in [3.05, 3.63) is 47.8 Å². The van der Waals surface area contributed by atoms with Crippen molar-refractivity contribution in [1.82, 2.24) is 15.0 Å². The third-order valence-electron chi connectivity index (χ3n) is 2.66. The summed E-state index contributed by atoms with van der Waals surface area (Å²) in [6.45, 7) is -0.416. The van der Waals surface area contributed by atoms with Gasteiger partial charge in [0, 0.05) is 12.6 Å². The molecule has 0 atom stereocenters. The van der Waals surface area contributed by atoms with Crippen molar-refractivity contribution in [3.8, 4) is 5.75 Å². The standard InChI is InChI=1S/C14H13N3O4/c1-17-11(8-15-16-17)4-7-13(18)10-2-5-12(6-3-10)21-9-14(19)20/h2-8H,9H2,1H3,(H,19,20)/b7-4+. The Morgan fingerprint density at radius 2 is 2.05 bits per heavy atom. The highest BCUT2D eigenvalue weighted by Crippen LogP contribution is 2.13. The summed E-state index contributed by atoms with van der Waals surface area (Å²) in [5.74, 6) is -0.836. The molecule has 7 heteroatoms. The molecule has 0 fully saturated rings. The van der Waals surface area contributed by atoms with Crippen LogP contribution in [0.25, 0.3) is 6.08 Å². The lowest BCUT2D eigenvalue weighted by Gasteiger charge is -2.03. The fourth-order valence-electron chi connectivity index (χ4n) is 1.57. The highest BCUT2D eigenvalue weighted by atomic mass is 16.5. The molecule has 0 aliphatic rings. The predicted molar refractivity (Wildman–Crippen MR) is 73.9 cm³/mol. The lowest BCUT2D eigenvalue weighted by molar-refractivity contribution is -0.139. The number of ketones is 1. The number of rotatable bonds is 6. The number of benzene rings is 1. The summed E-state index contributed by atoms with van der Waals surface area (Å²) >= 11 is 0. The van der Waals surface area contributed by atoms with Gasteiger partial charge in [-0.2, -0.15) is 0 Å². The first kappa shape index (κ1) is 14.4. The van der Waals surface area contributed by atoms with Crippen molar-refractivity contribution in [3.63, 3.8) is 0 Å². The van der Waals surface area contributed by atoms with Crippen molar-refractivity contribution < 1.29 is 19.4 Å². The zero-order chi connectivity index (χ0) is 15.2. The first-order valence-electron chi connectivity index (χ1n) is 6.08. The predicted octanol–water partition coefficient (Wildman–Crippen LogP) is 1.17. The third-order valence-corrected chi connectivity index (χ3v) is 2.66. The minimum absolute atomic E-state index is 0.180. The average molecular weight is 287 g/mol. The lowest BCUT2D eigenvalue weighted by Crippen LogP contribution is -2.09. The summed E-state index contributed by atoms with van der Waals surface area (Å²) in [6, 6.07) is 6.25. The number of carboxylic acid groups (broad SMARTS) is 1. The van der Waals surface area contributed by atoms with Gasteiger partial charge in [0.2, 0.25) is 0 Å². The average Bonchev–Trinajstić information content (AvgIpc) is 2.88. The molecule has 2 aromatic rings. The van der Waals surface area contributed by atoms with E-state index in [1.54, 1.807) is 48.3 Å². The van der Waals surface area contributed by atoms with E-state index >= 15 is 0 Å². The van der Waals surface area contributed by atoms with Crippen LogP contribution in [0.5, 0.6) is 5.75 Å². The van der Waals surface area contributed by atoms with E-state index in [-0.39, 0.29) is 5.78 Å². The Kier molecular flexibility index (Phi) is 4.45. The molecule has 1 N–H and O–H groups in total. The lowest BCUT2D eigenvalue weighted by atomic mass is 10.1. The summed E-state index contributed by atoms with van der Waals surface area (Å²) in [6.07, 6.45) is 4.59. The molecule has 1 aromatic carbocycles. The van der Waals surface area contributed by atoms with E-state index in [4.69, 9.17) is 9.84 Å². The molecular weight excluding hydrogens is 274 g/mol. The van der Waals surface area contributed by atoms with E-state index in [0.29, 0.717) is 17.0 Å². The van der Waals surface area contributed by atoms with Gasteiger partial charge in [0.05, 0.1) is 11.9 Å². The number of ether oxygens (including phenoxy) is 1. The number of aliphatic carboxylic acids is 1. The van der Waals surface area contributed by atoms with Crippen LogP contribution in [0.4, 0.5) is 0 Å². The van der Waals surface area contributed by atoms with E-state index in [1.165, 1.54) is 6.08 Å². The van der Waals surface area contributed by atoms with E-state index in [2.05, 4.69) is 10.3 Å². The Hall–Kier alpha value is -2.96. The van der Waals surface area contributed by atoms with Crippen LogP contribution in [0.2, 0.25) is 0 Å². The molecule has 0 radical (unpaired) electrons. The number of nitrogens with zero attached hydrogens (tertiary/aromatic N) is 3. The van der Waals surface area contributed by atoms with Gasteiger partial charge < -0.3 is 9.84 Å². The fourth-order valence-corrected chi connectivity index (χ4v) is 1.57. The third kappa shape index (κ3) is 4.00. The van der Waals surface area contributed by atoms with Gasteiger partial charge in [-0.3, -0.25) is 4.79 Å². The Morgan fingerprint density at radius 3 is 2.62 bits per heavy atom. The van der Waals surface area contributed by atoms with Crippen LogP contribution >= 0.6 is 0 Å². The number of carbonyl (C=O) groups excluding carboxylic acids is 1. The maximum atomic E-state index is 12.0. The Bertz CT molecular complexity index is 674. The van der Waals surface area contributed by atoms with Crippen LogP contribution in [0.3, 0.4) is 0 Å². The van der Waals surface area contributed by atoms with Crippen LogP contribution in [0.1, 0.15) is 16.1 Å². The number of aryl methyl sites for hydroxylation is 1. The van der Waals surface area contributed by atoms with Crippen molar-refractivity contribution in [1.29, 1.82) is 0 Å². The minimum Gasteiger partial charge on any atom is -0.482 e. The van der Waals surface area contributed by atoms with Crippen molar-refractivity contribution in [2.24, 2.45) is 7.05 Å². The highest BCUT2D eigenvalue weighted by Gasteiger charge is 2.04. The molecule has 0 unspecified atom stereocenters. The van der Waals surface area contributed by atoms with Gasteiger partial charge in [-0.25, -0.2) is 9.48 Å². The number of carboxylic acids is 1. The molecule has 108 valence electrons. The van der Waals surface area contributed by atoms with Gasteiger partial charge in [-0.05, 0) is 36.4 Å². The van der Waals surface area contributed by atoms with Crippen LogP contribution in [-0.2, 0) is 11.8 Å². The van der Waals surface area contributed by atoms with Crippen molar-refractivity contribution in [2.75, 3.05) is 6.61 Å². The quantitative estimate of drug-likeness (QED) is 0.633. The molecule has 0 saturated carbocycles. The second kappa shape index (κ2) is 6.47. The molecule has 0 aliphatic heterocycles. The first-order valence-corrected chi connectivity index (χ1v) is 6.08. The number of hydrogen-bond donors (Lipinski definition) is 1. The molecule has 0 aliphatic carbocycles. The van der Waals surface area contributed by atoms with Gasteiger partial charge in [0.25, 0.3) is 0 Å². The molecule has 0 saturated heterocycles. The molecule has 1 heterocycles. The second-order valence-corrected chi connectivity index (χ2v) is 4.19. The number of carbonyl (C=O) groups is 2. The van der Waals surface area contributed by atoms with Crippen LogP contribution in [0, 0.1) is 0 Å². The summed E-state index contributed by atoms with van der Waals surface area (Å²) in [4.78, 5) is 22.3. The second-order valence-electron chi connectivity index (χ2n) is 4.19. The van der Waals surface area contributed by atoms with Gasteiger partial charge in [0.15, 0.2) is 12.4 Å². The molecule has 0 amide bonds. The van der Waals surface area contributed by atoms with E-state index < -0.39 is 12.6 Å². The number of hydrogen-bond acceptors (Lipinski definition) is 5. The van der Waals surface area contributed by atoms with Gasteiger partial charge >= 0.3 is 5.97 Å². The maximum Gasteiger partial charge on any atom is 0.341 e. The Balaban J connectivity index is 2.01. The van der Waals surface area contributed by atoms with Gasteiger partial charge in [-0.1, -0.05) is 5.21 Å². The molecule has 0 spiro atoms. The summed E-state index contributed by atoms with van der Waals surface area (Å²) < 4.78 is 6.54. The summed E-state index contributed by atoms with van der Waals surface area (Å²) in [5.41, 5.74) is 1.19. The zero-order valence-electron chi connectivity index (χ0n) is 11.3. The van der Waals surface area contributed by atoms with Gasteiger partial charge in [0.1, 0.15) is 5.75 Å². The van der Waals surface area contributed by atoms with Crippen LogP contribution in [0.15, 0.2) is 36.5 Å². The van der Waals surface area contributed by atoms with Gasteiger partial charge in [-0.15, -0.1) is 5.10 Å². The normalized spacial score (nSPS) is 10.7. The van der Waals surface area contributed by atoms with Crippen molar-refractivity contribution in [2.45, 2.75) is 0 Å². The SMILES string of the molecule is Cn1nncc1/C=C/C(=O)c1ccc(OCC(=O)O)cc1. The van der Waals surface area contributed by atoms with Crippen LogP contribution in [-0.4, -0.2) is 38.5 Å². The summed E-state index contributed by atoms with van der Waals surface area (Å²) in [5, 5.41) is 16.0. The smallest absolute Gasteiger partial charge is 0.341 e. The van der Waals surface area contributed by atoms with Crippen LogP contribution < -0.4 is 4.74 Å². The largest absolute Gasteiger partial charge is 0.482 e. The van der Waals surface area contributed by atoms with E-state index in [9.17, 15) is 9.59 Å². The molecule has 2 rings (SSSR count). The molecular formula is C14H13N3O4. The first-order chi connectivity index (χ1) is 10.1. The number of aromatic nitrogens is 3. The molecule has 21 heavy (non-hydrogen) atoms. The highest BCUT2D eigenvalue weighted by molar-refractivity contribution is 6.06. The minimum atomic E-state index is -1.05. The number of allylic oxidation sites excluding steroid dienone is 1. The summed E-state index contributed by atoms with van der Waals surface area (Å²) in [7, 11) is 1.73. The topological polar surface area (TPSA) is 94.3 Å². The van der Waals surface area contributed by atoms with E-state index in [0.717, 1.165) is 0 Å². The molecule has 0 bridgehead atoms. The Labute approximate surface area is 120 Å².